The summed E-state index contributed by atoms with van der Waals surface area (Å²) < 4.78 is 0. The van der Waals surface area contributed by atoms with E-state index >= 15 is 0 Å². The van der Waals surface area contributed by atoms with Crippen LogP contribution in [-0.2, 0) is 0 Å². The first-order valence-electron chi connectivity index (χ1n) is 5.79. The molecule has 1 aliphatic carbocycles. The fourth-order valence-corrected chi connectivity index (χ4v) is 2.35. The fourth-order valence-electron chi connectivity index (χ4n) is 2.15. The quantitative estimate of drug-likeness (QED) is 0.845. The molecule has 1 heterocycles. The molecule has 0 unspecified atom stereocenters. The van der Waals surface area contributed by atoms with E-state index in [4.69, 9.17) is 22.6 Å². The van der Waals surface area contributed by atoms with E-state index < -0.39 is 0 Å². The minimum absolute atomic E-state index is 0.132. The van der Waals surface area contributed by atoms with E-state index in [9.17, 15) is 0 Å². The van der Waals surface area contributed by atoms with Gasteiger partial charge in [0.1, 0.15) is 16.9 Å². The first-order valence-corrected chi connectivity index (χ1v) is 6.17. The van der Waals surface area contributed by atoms with Crippen LogP contribution in [0.4, 0.5) is 5.82 Å². The molecule has 1 aliphatic rings. The van der Waals surface area contributed by atoms with E-state index in [0.717, 1.165) is 12.8 Å². The second-order valence-corrected chi connectivity index (χ2v) is 4.71. The van der Waals surface area contributed by atoms with Crippen LogP contribution in [0.15, 0.2) is 12.3 Å². The smallest absolute Gasteiger partial charge is 0.146 e. The summed E-state index contributed by atoms with van der Waals surface area (Å²) in [6.45, 7) is 0. The predicted molar refractivity (Wildman–Crippen MR) is 67.8 cm³/mol. The molecule has 2 rings (SSSR count). The normalized spacial score (nSPS) is 24.1. The summed E-state index contributed by atoms with van der Waals surface area (Å²) in [5, 5.41) is 12.5. The van der Waals surface area contributed by atoms with E-state index in [1.165, 1.54) is 12.8 Å². The lowest BCUT2D eigenvalue weighted by molar-refractivity contribution is 0.403. The van der Waals surface area contributed by atoms with Gasteiger partial charge in [-0.3, -0.25) is 0 Å². The van der Waals surface area contributed by atoms with Gasteiger partial charge in [0.05, 0.1) is 5.56 Å². The Morgan fingerprint density at radius 3 is 2.94 bits per heavy atom. The lowest BCUT2D eigenvalue weighted by Crippen LogP contribution is -2.42. The maximum atomic E-state index is 8.89. The largest absolute Gasteiger partial charge is 0.365 e. The monoisotopic (exact) mass is 250 g/mol. The van der Waals surface area contributed by atoms with Gasteiger partial charge in [-0.15, -0.1) is 0 Å². The Kier molecular flexibility index (Phi) is 3.82. The van der Waals surface area contributed by atoms with E-state index in [1.807, 2.05) is 6.07 Å². The first kappa shape index (κ1) is 12.2. The molecule has 1 aromatic rings. The highest BCUT2D eigenvalue weighted by Gasteiger charge is 2.22. The van der Waals surface area contributed by atoms with Gasteiger partial charge in [0, 0.05) is 18.3 Å². The van der Waals surface area contributed by atoms with E-state index in [0.29, 0.717) is 16.4 Å². The summed E-state index contributed by atoms with van der Waals surface area (Å²) in [6, 6.07) is 3.98. The van der Waals surface area contributed by atoms with E-state index in [1.54, 1.807) is 12.3 Å². The van der Waals surface area contributed by atoms with Crippen LogP contribution >= 0.6 is 11.6 Å². The number of hydrogen-bond acceptors (Lipinski definition) is 4. The Hall–Kier alpha value is -1.31. The summed E-state index contributed by atoms with van der Waals surface area (Å²) in [4.78, 5) is 4.17. The van der Waals surface area contributed by atoms with Crippen molar-refractivity contribution in [2.24, 2.45) is 5.73 Å². The molecule has 2 atom stereocenters. The third-order valence-corrected chi connectivity index (χ3v) is 3.53. The number of hydrogen-bond donors (Lipinski definition) is 2. The number of nitriles is 1. The zero-order chi connectivity index (χ0) is 12.3. The summed E-state index contributed by atoms with van der Waals surface area (Å²) in [7, 11) is 0. The molecule has 1 aromatic heterocycles. The Morgan fingerprint density at radius 1 is 1.47 bits per heavy atom. The van der Waals surface area contributed by atoms with Crippen LogP contribution in [0.5, 0.6) is 0 Å². The molecular formula is C12H15ClN4. The summed E-state index contributed by atoms with van der Waals surface area (Å²) in [5.74, 6) is 0.563. The van der Waals surface area contributed by atoms with Crippen molar-refractivity contribution in [1.29, 1.82) is 5.26 Å². The van der Waals surface area contributed by atoms with Crippen molar-refractivity contribution in [2.45, 2.75) is 37.8 Å². The minimum Gasteiger partial charge on any atom is -0.365 e. The van der Waals surface area contributed by atoms with Crippen LogP contribution in [0.3, 0.4) is 0 Å². The first-order chi connectivity index (χ1) is 8.22. The Balaban J connectivity index is 2.16. The predicted octanol–water partition coefficient (Wildman–Crippen LogP) is 2.29. The summed E-state index contributed by atoms with van der Waals surface area (Å²) in [5.41, 5.74) is 6.49. The van der Waals surface area contributed by atoms with Crippen molar-refractivity contribution in [3.63, 3.8) is 0 Å². The van der Waals surface area contributed by atoms with Gasteiger partial charge in [0.2, 0.25) is 0 Å². The Bertz CT molecular complexity index is 441. The number of nitrogens with zero attached hydrogens (tertiary/aromatic N) is 2. The van der Waals surface area contributed by atoms with Crippen LogP contribution in [-0.4, -0.2) is 17.1 Å². The summed E-state index contributed by atoms with van der Waals surface area (Å²) >= 11 is 6.09. The van der Waals surface area contributed by atoms with Gasteiger partial charge < -0.3 is 11.1 Å². The number of aromatic nitrogens is 1. The highest BCUT2D eigenvalue weighted by molar-refractivity contribution is 6.34. The molecule has 0 aromatic carbocycles. The number of rotatable bonds is 2. The third-order valence-electron chi connectivity index (χ3n) is 3.15. The Labute approximate surface area is 106 Å². The van der Waals surface area contributed by atoms with Crippen molar-refractivity contribution in [2.75, 3.05) is 5.32 Å². The molecule has 1 fully saturated rings. The lowest BCUT2D eigenvalue weighted by atomic mass is 9.91. The van der Waals surface area contributed by atoms with Crippen molar-refractivity contribution in [3.05, 3.63) is 22.8 Å². The van der Waals surface area contributed by atoms with Gasteiger partial charge in [-0.1, -0.05) is 24.4 Å². The zero-order valence-corrected chi connectivity index (χ0v) is 10.2. The number of nitrogens with two attached hydrogens (primary N) is 1. The molecule has 0 spiro atoms. The molecule has 3 N–H and O–H groups in total. The van der Waals surface area contributed by atoms with Crippen LogP contribution in [0, 0.1) is 11.3 Å². The average Bonchev–Trinajstić information content (AvgIpc) is 2.34. The minimum atomic E-state index is 0.132. The highest BCUT2D eigenvalue weighted by Crippen LogP contribution is 2.26. The van der Waals surface area contributed by atoms with Gasteiger partial charge >= 0.3 is 0 Å². The third kappa shape index (κ3) is 2.68. The van der Waals surface area contributed by atoms with Crippen LogP contribution in [0.25, 0.3) is 0 Å². The van der Waals surface area contributed by atoms with Gasteiger partial charge in [0.25, 0.3) is 0 Å². The van der Waals surface area contributed by atoms with Crippen molar-refractivity contribution in [3.8, 4) is 6.07 Å². The van der Waals surface area contributed by atoms with Crippen molar-refractivity contribution >= 4 is 17.4 Å². The molecule has 0 aliphatic heterocycles. The number of pyridine rings is 1. The molecule has 0 radical (unpaired) electrons. The second kappa shape index (κ2) is 5.35. The molecule has 17 heavy (non-hydrogen) atoms. The van der Waals surface area contributed by atoms with Crippen molar-refractivity contribution < 1.29 is 0 Å². The molecule has 1 saturated carbocycles. The van der Waals surface area contributed by atoms with Gasteiger partial charge in [-0.25, -0.2) is 4.98 Å². The van der Waals surface area contributed by atoms with Crippen LogP contribution < -0.4 is 11.1 Å². The topological polar surface area (TPSA) is 74.7 Å². The zero-order valence-electron chi connectivity index (χ0n) is 9.49. The van der Waals surface area contributed by atoms with E-state index in [-0.39, 0.29) is 12.1 Å². The molecular weight excluding hydrogens is 236 g/mol. The number of halogens is 1. The molecule has 90 valence electrons. The summed E-state index contributed by atoms with van der Waals surface area (Å²) in [6.07, 6.45) is 5.98. The van der Waals surface area contributed by atoms with Gasteiger partial charge in [-0.2, -0.15) is 5.26 Å². The van der Waals surface area contributed by atoms with Crippen LogP contribution in [0.2, 0.25) is 5.02 Å². The van der Waals surface area contributed by atoms with E-state index in [2.05, 4.69) is 10.3 Å². The van der Waals surface area contributed by atoms with Crippen LogP contribution in [0.1, 0.15) is 31.2 Å². The van der Waals surface area contributed by atoms with Crippen molar-refractivity contribution in [1.82, 2.24) is 4.98 Å². The average molecular weight is 251 g/mol. The maximum Gasteiger partial charge on any atom is 0.146 e. The molecule has 0 saturated heterocycles. The lowest BCUT2D eigenvalue weighted by Gasteiger charge is -2.30. The Morgan fingerprint density at radius 2 is 2.24 bits per heavy atom. The maximum absolute atomic E-state index is 8.89. The highest BCUT2D eigenvalue weighted by atomic mass is 35.5. The number of anilines is 1. The molecule has 5 heteroatoms. The van der Waals surface area contributed by atoms with Gasteiger partial charge in [-0.05, 0) is 18.9 Å². The fraction of sp³-hybridized carbons (Fsp3) is 0.500. The second-order valence-electron chi connectivity index (χ2n) is 4.33. The molecule has 0 amide bonds. The SMILES string of the molecule is N#Cc1ccnc(N[C@@H]2CCCC[C@H]2N)c1Cl. The number of nitrogens with one attached hydrogen (secondary N) is 1. The standard InChI is InChI=1S/C12H15ClN4/c13-11-8(7-14)5-6-16-12(11)17-10-4-2-1-3-9(10)15/h5-6,9-10H,1-4,15H2,(H,16,17)/t9-,10-/m1/s1. The molecule has 4 nitrogen and oxygen atoms in total. The van der Waals surface area contributed by atoms with Gasteiger partial charge in [0.15, 0.2) is 0 Å². The molecule has 0 bridgehead atoms.